The van der Waals surface area contributed by atoms with Crippen molar-refractivity contribution in [3.8, 4) is 17.2 Å². The molecule has 2 aliphatic carbocycles. The Morgan fingerprint density at radius 2 is 1.78 bits per heavy atom. The third kappa shape index (κ3) is 3.09. The van der Waals surface area contributed by atoms with E-state index in [1.807, 2.05) is 6.07 Å². The van der Waals surface area contributed by atoms with Crippen LogP contribution in [0.2, 0.25) is 0 Å². The van der Waals surface area contributed by atoms with Crippen LogP contribution in [0.4, 0.5) is 17.6 Å². The van der Waals surface area contributed by atoms with E-state index in [0.29, 0.717) is 27.8 Å². The molecule has 5 rings (SSSR count). The molecule has 2 aromatic carbocycles. The number of hydrogen-bond acceptors (Lipinski definition) is 3. The van der Waals surface area contributed by atoms with Gasteiger partial charge in [-0.25, -0.2) is 17.6 Å². The molecule has 7 heteroatoms. The van der Waals surface area contributed by atoms with Crippen LogP contribution in [0.15, 0.2) is 48.8 Å². The van der Waals surface area contributed by atoms with E-state index in [9.17, 15) is 27.9 Å². The molecule has 0 saturated heterocycles. The molecule has 0 radical (unpaired) electrons. The van der Waals surface area contributed by atoms with Gasteiger partial charge in [0.05, 0.1) is 11.6 Å². The number of aromatic nitrogens is 1. The molecule has 3 nitrogen and oxygen atoms in total. The van der Waals surface area contributed by atoms with Gasteiger partial charge in [-0.3, -0.25) is 4.98 Å². The number of aliphatic hydroxyl groups excluding tert-OH is 1. The van der Waals surface area contributed by atoms with E-state index in [1.165, 1.54) is 0 Å². The minimum absolute atomic E-state index is 0.00427. The molecule has 3 atom stereocenters. The Morgan fingerprint density at radius 3 is 2.50 bits per heavy atom. The van der Waals surface area contributed by atoms with Gasteiger partial charge in [0, 0.05) is 24.7 Å². The molecule has 3 aromatic rings. The van der Waals surface area contributed by atoms with Gasteiger partial charge in [0.25, 0.3) is 5.92 Å². The van der Waals surface area contributed by atoms with Crippen LogP contribution in [0.5, 0.6) is 0 Å². The van der Waals surface area contributed by atoms with Gasteiger partial charge in [-0.15, -0.1) is 0 Å². The molecule has 0 unspecified atom stereocenters. The second-order valence-corrected chi connectivity index (χ2v) is 8.34. The van der Waals surface area contributed by atoms with Crippen LogP contribution in [0, 0.1) is 17.1 Å². The van der Waals surface area contributed by atoms with E-state index in [0.717, 1.165) is 12.1 Å². The van der Waals surface area contributed by atoms with E-state index in [2.05, 4.69) is 4.98 Å². The fourth-order valence-electron chi connectivity index (χ4n) is 5.15. The minimum atomic E-state index is -3.36. The van der Waals surface area contributed by atoms with E-state index in [-0.39, 0.29) is 29.5 Å². The van der Waals surface area contributed by atoms with Crippen molar-refractivity contribution in [1.82, 2.24) is 4.98 Å². The number of fused-ring (bicyclic) bond motifs is 2. The lowest BCUT2D eigenvalue weighted by Crippen LogP contribution is -2.22. The third-order valence-corrected chi connectivity index (χ3v) is 6.54. The van der Waals surface area contributed by atoms with Crippen molar-refractivity contribution in [2.75, 3.05) is 0 Å². The Bertz CT molecular complexity index is 1250. The SMILES string of the molecule is N#Cc1cc(F)cc2c1[C@@H](c1ccc(-c3ccncc3)c3c1CC(F)(F)[C@H]3O)CC[C@@H]2F. The molecular weight excluding hydrogens is 420 g/mol. The van der Waals surface area contributed by atoms with E-state index < -0.39 is 36.4 Å². The van der Waals surface area contributed by atoms with E-state index in [1.54, 1.807) is 36.7 Å². The van der Waals surface area contributed by atoms with Gasteiger partial charge >= 0.3 is 0 Å². The second-order valence-electron chi connectivity index (χ2n) is 8.34. The lowest BCUT2D eigenvalue weighted by atomic mass is 9.74. The standard InChI is InChI=1S/C25H18F4N2O/c26-15-9-14(12-30)22-18(3-4-21(27)19(22)10-15)17-2-1-16(13-5-7-31-8-6-13)23-20(17)11-25(28,29)24(23)32/h1-2,5-10,18,21,24,32H,3-4,11H2/t18-,21+,24+/m1/s1. The smallest absolute Gasteiger partial charge is 0.281 e. The molecule has 2 aliphatic rings. The first-order valence-electron chi connectivity index (χ1n) is 10.3. The monoisotopic (exact) mass is 438 g/mol. The summed E-state index contributed by atoms with van der Waals surface area (Å²) in [6.07, 6.45) is -0.612. The summed E-state index contributed by atoms with van der Waals surface area (Å²) in [5.74, 6) is -4.61. The maximum Gasteiger partial charge on any atom is 0.281 e. The van der Waals surface area contributed by atoms with Gasteiger partial charge < -0.3 is 5.11 Å². The van der Waals surface area contributed by atoms with Crippen LogP contribution in [0.1, 0.15) is 64.4 Å². The fraction of sp³-hybridized carbons (Fsp3) is 0.280. The summed E-state index contributed by atoms with van der Waals surface area (Å²) in [5, 5.41) is 20.1. The first kappa shape index (κ1) is 20.7. The molecule has 0 spiro atoms. The van der Waals surface area contributed by atoms with Crippen LogP contribution in [-0.2, 0) is 6.42 Å². The largest absolute Gasteiger partial charge is 0.382 e. The van der Waals surface area contributed by atoms with Gasteiger partial charge in [0.2, 0.25) is 0 Å². The summed E-state index contributed by atoms with van der Waals surface area (Å²) in [7, 11) is 0. The molecular formula is C25H18F4N2O. The summed E-state index contributed by atoms with van der Waals surface area (Å²) < 4.78 is 58.1. The number of alkyl halides is 3. The van der Waals surface area contributed by atoms with Crippen LogP contribution < -0.4 is 0 Å². The molecule has 0 saturated carbocycles. The summed E-state index contributed by atoms with van der Waals surface area (Å²) in [5.41, 5.74) is 2.53. The highest BCUT2D eigenvalue weighted by molar-refractivity contribution is 5.72. The molecule has 0 aliphatic heterocycles. The number of pyridine rings is 1. The average Bonchev–Trinajstić information content (AvgIpc) is 3.03. The summed E-state index contributed by atoms with van der Waals surface area (Å²) in [4.78, 5) is 3.95. The average molecular weight is 438 g/mol. The highest BCUT2D eigenvalue weighted by Gasteiger charge is 2.49. The molecule has 32 heavy (non-hydrogen) atoms. The zero-order valence-corrected chi connectivity index (χ0v) is 16.8. The predicted molar refractivity (Wildman–Crippen MR) is 109 cm³/mol. The zero-order chi connectivity index (χ0) is 22.6. The molecule has 0 amide bonds. The number of halogens is 4. The lowest BCUT2D eigenvalue weighted by molar-refractivity contribution is -0.0966. The number of nitrogens with zero attached hydrogens (tertiary/aromatic N) is 2. The molecule has 0 bridgehead atoms. The Morgan fingerprint density at radius 1 is 1.03 bits per heavy atom. The van der Waals surface area contributed by atoms with Gasteiger partial charge in [0.1, 0.15) is 18.1 Å². The zero-order valence-electron chi connectivity index (χ0n) is 16.8. The van der Waals surface area contributed by atoms with Gasteiger partial charge in [0.15, 0.2) is 0 Å². The highest BCUT2D eigenvalue weighted by atomic mass is 19.3. The fourth-order valence-corrected chi connectivity index (χ4v) is 5.15. The van der Waals surface area contributed by atoms with E-state index >= 15 is 0 Å². The first-order valence-corrected chi connectivity index (χ1v) is 10.3. The van der Waals surface area contributed by atoms with Crippen LogP contribution in [0.3, 0.4) is 0 Å². The lowest BCUT2D eigenvalue weighted by Gasteiger charge is -2.31. The van der Waals surface area contributed by atoms with Gasteiger partial charge in [-0.2, -0.15) is 5.26 Å². The number of aliphatic hydroxyl groups is 1. The summed E-state index contributed by atoms with van der Waals surface area (Å²) in [6.45, 7) is 0. The first-order chi connectivity index (χ1) is 15.3. The number of hydrogen-bond donors (Lipinski definition) is 1. The topological polar surface area (TPSA) is 56.9 Å². The maximum absolute atomic E-state index is 14.7. The maximum atomic E-state index is 14.7. The normalized spacial score (nSPS) is 23.3. The van der Waals surface area contributed by atoms with Crippen molar-refractivity contribution in [1.29, 1.82) is 5.26 Å². The second kappa shape index (κ2) is 7.42. The molecule has 162 valence electrons. The van der Waals surface area contributed by atoms with Crippen molar-refractivity contribution in [3.05, 3.63) is 88.0 Å². The number of rotatable bonds is 2. The summed E-state index contributed by atoms with van der Waals surface area (Å²) in [6, 6.07) is 10.8. The van der Waals surface area contributed by atoms with Crippen LogP contribution in [0.25, 0.3) is 11.1 Å². The van der Waals surface area contributed by atoms with Gasteiger partial charge in [-0.05, 0) is 76.1 Å². The molecule has 1 aromatic heterocycles. The van der Waals surface area contributed by atoms with Crippen molar-refractivity contribution in [3.63, 3.8) is 0 Å². The Kier molecular flexibility index (Phi) is 4.79. The number of benzene rings is 2. The van der Waals surface area contributed by atoms with Crippen molar-refractivity contribution < 1.29 is 22.7 Å². The molecule has 0 fully saturated rings. The summed E-state index contributed by atoms with van der Waals surface area (Å²) >= 11 is 0. The quantitative estimate of drug-likeness (QED) is 0.506. The number of nitriles is 1. The molecule has 1 heterocycles. The van der Waals surface area contributed by atoms with Gasteiger partial charge in [-0.1, -0.05) is 12.1 Å². The Hall–Kier alpha value is -3.24. The predicted octanol–water partition coefficient (Wildman–Crippen LogP) is 5.92. The third-order valence-electron chi connectivity index (χ3n) is 6.54. The van der Waals surface area contributed by atoms with Crippen molar-refractivity contribution in [2.24, 2.45) is 0 Å². The minimum Gasteiger partial charge on any atom is -0.382 e. The molecule has 1 N–H and O–H groups in total. The Balaban J connectivity index is 1.75. The highest BCUT2D eigenvalue weighted by Crippen LogP contribution is 2.52. The van der Waals surface area contributed by atoms with E-state index in [4.69, 9.17) is 0 Å². The Labute approximate surface area is 182 Å². The van der Waals surface area contributed by atoms with Crippen molar-refractivity contribution in [2.45, 2.75) is 43.4 Å². The van der Waals surface area contributed by atoms with Crippen LogP contribution in [-0.4, -0.2) is 16.0 Å². The van der Waals surface area contributed by atoms with Crippen LogP contribution >= 0.6 is 0 Å². The van der Waals surface area contributed by atoms with Crippen molar-refractivity contribution >= 4 is 0 Å².